The van der Waals surface area contributed by atoms with Gasteiger partial charge in [0.2, 0.25) is 0 Å². The predicted octanol–water partition coefficient (Wildman–Crippen LogP) is 1.94. The van der Waals surface area contributed by atoms with Crippen LogP contribution in [-0.2, 0) is 9.59 Å². The van der Waals surface area contributed by atoms with E-state index in [-0.39, 0.29) is 12.5 Å². The van der Waals surface area contributed by atoms with Crippen LogP contribution in [0.5, 0.6) is 5.75 Å². The second-order valence-electron chi connectivity index (χ2n) is 4.37. The number of rotatable bonds is 6. The van der Waals surface area contributed by atoms with Crippen LogP contribution in [0.25, 0.3) is 0 Å². The van der Waals surface area contributed by atoms with Gasteiger partial charge in [0, 0.05) is 5.02 Å². The number of amides is 1. The van der Waals surface area contributed by atoms with Crippen LogP contribution in [0.4, 0.5) is 0 Å². The smallest absolute Gasteiger partial charge is 0.326 e. The zero-order chi connectivity index (χ0) is 14.4. The molecule has 5 nitrogen and oxygen atoms in total. The topological polar surface area (TPSA) is 75.6 Å². The minimum absolute atomic E-state index is 0.201. The van der Waals surface area contributed by atoms with Crippen molar-refractivity contribution in [3.05, 3.63) is 29.3 Å². The predicted molar refractivity (Wildman–Crippen MR) is 71.4 cm³/mol. The summed E-state index contributed by atoms with van der Waals surface area (Å²) >= 11 is 5.77. The number of carbonyl (C=O) groups is 2. The molecule has 0 aliphatic carbocycles. The van der Waals surface area contributed by atoms with Gasteiger partial charge in [-0.2, -0.15) is 0 Å². The van der Waals surface area contributed by atoms with Gasteiger partial charge < -0.3 is 15.2 Å². The summed E-state index contributed by atoms with van der Waals surface area (Å²) in [5.74, 6) is -1.29. The third kappa shape index (κ3) is 5.18. The number of nitrogens with one attached hydrogen (secondary N) is 1. The molecule has 0 bridgehead atoms. The van der Waals surface area contributed by atoms with E-state index in [2.05, 4.69) is 5.32 Å². The van der Waals surface area contributed by atoms with Crippen LogP contribution in [0.2, 0.25) is 5.02 Å². The summed E-state index contributed by atoms with van der Waals surface area (Å²) in [5, 5.41) is 11.8. The van der Waals surface area contributed by atoms with Gasteiger partial charge in [0.05, 0.1) is 0 Å². The molecule has 19 heavy (non-hydrogen) atoms. The second-order valence-corrected chi connectivity index (χ2v) is 4.81. The summed E-state index contributed by atoms with van der Waals surface area (Å²) in [4.78, 5) is 22.5. The maximum absolute atomic E-state index is 11.6. The molecule has 0 spiro atoms. The monoisotopic (exact) mass is 285 g/mol. The van der Waals surface area contributed by atoms with E-state index in [9.17, 15) is 9.59 Å². The minimum Gasteiger partial charge on any atom is -0.484 e. The summed E-state index contributed by atoms with van der Waals surface area (Å²) in [5.41, 5.74) is 0. The van der Waals surface area contributed by atoms with Crippen LogP contribution >= 0.6 is 11.6 Å². The largest absolute Gasteiger partial charge is 0.484 e. The molecule has 0 saturated heterocycles. The highest BCUT2D eigenvalue weighted by Gasteiger charge is 2.23. The molecule has 0 aromatic heterocycles. The lowest BCUT2D eigenvalue weighted by Crippen LogP contribution is -2.46. The molecule has 0 heterocycles. The first-order valence-electron chi connectivity index (χ1n) is 5.80. The number of carbonyl (C=O) groups excluding carboxylic acids is 1. The molecule has 1 rings (SSSR count). The van der Waals surface area contributed by atoms with E-state index < -0.39 is 17.9 Å². The molecule has 1 unspecified atom stereocenters. The number of carboxylic acids is 1. The molecule has 1 aromatic carbocycles. The third-order valence-electron chi connectivity index (χ3n) is 2.42. The van der Waals surface area contributed by atoms with Gasteiger partial charge in [-0.05, 0) is 24.1 Å². The summed E-state index contributed by atoms with van der Waals surface area (Å²) in [6.07, 6.45) is 0. The average Bonchev–Trinajstić information content (AvgIpc) is 2.32. The van der Waals surface area contributed by atoms with E-state index >= 15 is 0 Å². The number of benzene rings is 1. The Morgan fingerprint density at radius 1 is 1.42 bits per heavy atom. The number of carboxylic acid groups (broad SMARTS) is 1. The summed E-state index contributed by atoms with van der Waals surface area (Å²) in [7, 11) is 0. The highest BCUT2D eigenvalue weighted by Crippen LogP contribution is 2.16. The van der Waals surface area contributed by atoms with Crippen molar-refractivity contribution in [3.63, 3.8) is 0 Å². The maximum Gasteiger partial charge on any atom is 0.326 e. The van der Waals surface area contributed by atoms with Gasteiger partial charge >= 0.3 is 5.97 Å². The van der Waals surface area contributed by atoms with Crippen molar-refractivity contribution in [2.24, 2.45) is 5.92 Å². The van der Waals surface area contributed by atoms with Gasteiger partial charge in [0.25, 0.3) is 5.91 Å². The number of aliphatic carboxylic acids is 1. The number of hydrogen-bond acceptors (Lipinski definition) is 3. The van der Waals surface area contributed by atoms with E-state index in [4.69, 9.17) is 21.4 Å². The third-order valence-corrected chi connectivity index (χ3v) is 2.65. The van der Waals surface area contributed by atoms with Crippen molar-refractivity contribution in [3.8, 4) is 5.75 Å². The SMILES string of the molecule is CC(C)C(NC(=O)COc1cccc(Cl)c1)C(=O)O. The van der Waals surface area contributed by atoms with E-state index in [1.54, 1.807) is 38.1 Å². The Balaban J connectivity index is 2.49. The van der Waals surface area contributed by atoms with E-state index in [0.717, 1.165) is 0 Å². The van der Waals surface area contributed by atoms with Crippen molar-refractivity contribution in [2.75, 3.05) is 6.61 Å². The van der Waals surface area contributed by atoms with Crippen molar-refractivity contribution < 1.29 is 19.4 Å². The molecular weight excluding hydrogens is 270 g/mol. The summed E-state index contributed by atoms with van der Waals surface area (Å²) < 4.78 is 5.22. The molecule has 0 aliphatic heterocycles. The van der Waals surface area contributed by atoms with Gasteiger partial charge in [0.1, 0.15) is 11.8 Å². The van der Waals surface area contributed by atoms with Crippen molar-refractivity contribution in [1.82, 2.24) is 5.32 Å². The standard InChI is InChI=1S/C13H16ClNO4/c1-8(2)12(13(17)18)15-11(16)7-19-10-5-3-4-9(14)6-10/h3-6,8,12H,7H2,1-2H3,(H,15,16)(H,17,18). The summed E-state index contributed by atoms with van der Waals surface area (Å²) in [6.45, 7) is 3.19. The van der Waals surface area contributed by atoms with Gasteiger partial charge in [-0.3, -0.25) is 4.79 Å². The maximum atomic E-state index is 11.6. The van der Waals surface area contributed by atoms with Crippen LogP contribution in [0.3, 0.4) is 0 Å². The van der Waals surface area contributed by atoms with Crippen LogP contribution in [0, 0.1) is 5.92 Å². The molecule has 1 aromatic rings. The quantitative estimate of drug-likeness (QED) is 0.837. The highest BCUT2D eigenvalue weighted by molar-refractivity contribution is 6.30. The summed E-state index contributed by atoms with van der Waals surface area (Å²) in [6, 6.07) is 5.70. The molecular formula is C13H16ClNO4. The number of hydrogen-bond donors (Lipinski definition) is 2. The molecule has 0 aliphatic rings. The lowest BCUT2D eigenvalue weighted by atomic mass is 10.1. The molecule has 104 valence electrons. The number of ether oxygens (including phenoxy) is 1. The molecule has 0 saturated carbocycles. The second kappa shape index (κ2) is 6.99. The minimum atomic E-state index is -1.06. The Labute approximate surface area is 116 Å². The van der Waals surface area contributed by atoms with Crippen LogP contribution in [0.15, 0.2) is 24.3 Å². The zero-order valence-corrected chi connectivity index (χ0v) is 11.5. The molecule has 2 N–H and O–H groups in total. The Bertz CT molecular complexity index is 462. The van der Waals surface area contributed by atoms with Crippen LogP contribution < -0.4 is 10.1 Å². The van der Waals surface area contributed by atoms with Crippen LogP contribution in [0.1, 0.15) is 13.8 Å². The molecule has 1 atom stereocenters. The fourth-order valence-corrected chi connectivity index (χ4v) is 1.61. The van der Waals surface area contributed by atoms with Crippen LogP contribution in [-0.4, -0.2) is 29.6 Å². The van der Waals surface area contributed by atoms with E-state index in [0.29, 0.717) is 10.8 Å². The molecule has 0 radical (unpaired) electrons. The van der Waals surface area contributed by atoms with Gasteiger partial charge in [-0.1, -0.05) is 31.5 Å². The van der Waals surface area contributed by atoms with Crippen molar-refractivity contribution in [2.45, 2.75) is 19.9 Å². The Morgan fingerprint density at radius 3 is 2.63 bits per heavy atom. The fraction of sp³-hybridized carbons (Fsp3) is 0.385. The normalized spacial score (nSPS) is 12.0. The lowest BCUT2D eigenvalue weighted by Gasteiger charge is -2.17. The lowest BCUT2D eigenvalue weighted by molar-refractivity contribution is -0.143. The fourth-order valence-electron chi connectivity index (χ4n) is 1.43. The van der Waals surface area contributed by atoms with Crippen molar-refractivity contribution >= 4 is 23.5 Å². The van der Waals surface area contributed by atoms with E-state index in [1.165, 1.54) is 0 Å². The molecule has 1 amide bonds. The average molecular weight is 286 g/mol. The van der Waals surface area contributed by atoms with Gasteiger partial charge in [-0.25, -0.2) is 4.79 Å². The first-order chi connectivity index (χ1) is 8.90. The number of halogens is 1. The van der Waals surface area contributed by atoms with Gasteiger partial charge in [0.15, 0.2) is 6.61 Å². The first kappa shape index (κ1) is 15.3. The van der Waals surface area contributed by atoms with Crippen molar-refractivity contribution in [1.29, 1.82) is 0 Å². The Morgan fingerprint density at radius 2 is 2.11 bits per heavy atom. The zero-order valence-electron chi connectivity index (χ0n) is 10.7. The Kier molecular flexibility index (Phi) is 5.63. The van der Waals surface area contributed by atoms with E-state index in [1.807, 2.05) is 0 Å². The molecule has 6 heteroatoms. The Hall–Kier alpha value is -1.75. The van der Waals surface area contributed by atoms with Gasteiger partial charge in [-0.15, -0.1) is 0 Å². The molecule has 0 fully saturated rings. The first-order valence-corrected chi connectivity index (χ1v) is 6.18. The highest BCUT2D eigenvalue weighted by atomic mass is 35.5.